The van der Waals surface area contributed by atoms with Crippen molar-refractivity contribution in [2.24, 2.45) is 10.7 Å². The summed E-state index contributed by atoms with van der Waals surface area (Å²) in [5.74, 6) is -1.47. The quantitative estimate of drug-likeness (QED) is 0.652. The van der Waals surface area contributed by atoms with Crippen molar-refractivity contribution in [3.8, 4) is 6.07 Å². The van der Waals surface area contributed by atoms with E-state index >= 15 is 0 Å². The molecule has 1 aromatic heterocycles. The van der Waals surface area contributed by atoms with Gasteiger partial charge in [0.25, 0.3) is 0 Å². The molecule has 6 nitrogen and oxygen atoms in total. The Morgan fingerprint density at radius 2 is 1.97 bits per heavy atom. The molecule has 2 heterocycles. The molecule has 0 saturated heterocycles. The second-order valence-corrected chi connectivity index (χ2v) is 10.5. The van der Waals surface area contributed by atoms with Gasteiger partial charge in [-0.2, -0.15) is 15.9 Å². The van der Waals surface area contributed by atoms with Crippen LogP contribution in [0.3, 0.4) is 0 Å². The van der Waals surface area contributed by atoms with Crippen molar-refractivity contribution in [1.82, 2.24) is 4.98 Å². The molecule has 0 spiro atoms. The molecule has 9 heteroatoms. The lowest BCUT2D eigenvalue weighted by Crippen LogP contribution is -2.52. The highest BCUT2D eigenvalue weighted by atomic mass is 32.3. The largest absolute Gasteiger partial charge is 0.386 e. The first-order valence-electron chi connectivity index (χ1n) is 9.05. The van der Waals surface area contributed by atoms with Crippen LogP contribution in [-0.4, -0.2) is 30.4 Å². The summed E-state index contributed by atoms with van der Waals surface area (Å²) in [4.78, 5) is 8.28. The molecule has 0 bridgehead atoms. The minimum absolute atomic E-state index is 0.0181. The lowest BCUT2D eigenvalue weighted by atomic mass is 9.91. The molecule has 0 unspecified atom stereocenters. The van der Waals surface area contributed by atoms with E-state index in [1.54, 1.807) is 20.8 Å². The first kappa shape index (κ1) is 21.9. The molecule has 0 radical (unpaired) electrons. The average Bonchev–Trinajstić information content (AvgIpc) is 2.67. The van der Waals surface area contributed by atoms with Gasteiger partial charge in [-0.15, -0.1) is 0 Å². The molecule has 1 aromatic carbocycles. The van der Waals surface area contributed by atoms with Crippen molar-refractivity contribution in [2.45, 2.75) is 31.1 Å². The van der Waals surface area contributed by atoms with E-state index in [0.717, 1.165) is 0 Å². The van der Waals surface area contributed by atoms with E-state index in [4.69, 9.17) is 11.0 Å². The Labute approximate surface area is 175 Å². The number of hydrogen-bond acceptors (Lipinski definition) is 6. The van der Waals surface area contributed by atoms with E-state index in [0.29, 0.717) is 11.1 Å². The smallest absolute Gasteiger partial charge is 0.149 e. The highest BCUT2D eigenvalue weighted by Crippen LogP contribution is 2.59. The maximum atomic E-state index is 14.7. The summed E-state index contributed by atoms with van der Waals surface area (Å²) in [5, 5.41) is 8.81. The Morgan fingerprint density at radius 1 is 1.27 bits per heavy atom. The fourth-order valence-electron chi connectivity index (χ4n) is 3.18. The summed E-state index contributed by atoms with van der Waals surface area (Å²) in [6.45, 7) is 4.72. The van der Waals surface area contributed by atoms with Crippen molar-refractivity contribution in [1.29, 1.82) is 5.26 Å². The van der Waals surface area contributed by atoms with Gasteiger partial charge in [-0.25, -0.2) is 8.78 Å². The number of halogens is 2. The number of amidine groups is 1. The second-order valence-electron chi connectivity index (χ2n) is 7.87. The van der Waals surface area contributed by atoms with Crippen LogP contribution in [0.1, 0.15) is 43.2 Å². The second kappa shape index (κ2) is 7.47. The number of benzene rings is 1. The Morgan fingerprint density at radius 3 is 2.53 bits per heavy atom. The normalized spacial score (nSPS) is 23.9. The van der Waals surface area contributed by atoms with Crippen LogP contribution in [0.5, 0.6) is 0 Å². The SMILES string of the molecule is CC1(C)C(N)=N[C@](C)(c2cc(/C=C(\F)c3ccc(C#N)cn3)ccc2F)CS1(O)O. The van der Waals surface area contributed by atoms with E-state index in [9.17, 15) is 17.9 Å². The summed E-state index contributed by atoms with van der Waals surface area (Å²) in [6, 6.07) is 8.69. The lowest BCUT2D eigenvalue weighted by molar-refractivity contribution is 0.416. The van der Waals surface area contributed by atoms with Gasteiger partial charge >= 0.3 is 0 Å². The third-order valence-electron chi connectivity index (χ3n) is 5.28. The van der Waals surface area contributed by atoms with Crippen LogP contribution in [-0.2, 0) is 5.54 Å². The molecular formula is C21H22F2N4O2S. The molecule has 0 saturated carbocycles. The molecule has 2 aromatic rings. The number of hydrogen-bond donors (Lipinski definition) is 3. The molecule has 4 N–H and O–H groups in total. The Balaban J connectivity index is 2.03. The summed E-state index contributed by atoms with van der Waals surface area (Å²) in [7, 11) is -3.22. The zero-order valence-electron chi connectivity index (χ0n) is 16.7. The first-order valence-corrected chi connectivity index (χ1v) is 10.8. The van der Waals surface area contributed by atoms with Crippen LogP contribution in [0, 0.1) is 17.1 Å². The van der Waals surface area contributed by atoms with E-state index in [1.165, 1.54) is 42.6 Å². The fourth-order valence-corrected chi connectivity index (χ4v) is 4.92. The molecule has 1 aliphatic rings. The van der Waals surface area contributed by atoms with E-state index in [1.807, 2.05) is 6.07 Å². The third kappa shape index (κ3) is 3.81. The third-order valence-corrected chi connectivity index (χ3v) is 8.09. The van der Waals surface area contributed by atoms with Crippen LogP contribution in [0.15, 0.2) is 41.5 Å². The Kier molecular flexibility index (Phi) is 5.45. The average molecular weight is 432 g/mol. The summed E-state index contributed by atoms with van der Waals surface area (Å²) in [5.41, 5.74) is 5.42. The van der Waals surface area contributed by atoms with Crippen LogP contribution in [0.4, 0.5) is 8.78 Å². The Bertz CT molecular complexity index is 1090. The van der Waals surface area contributed by atoms with Gasteiger partial charge in [-0.3, -0.25) is 19.1 Å². The minimum atomic E-state index is -3.22. The van der Waals surface area contributed by atoms with Crippen molar-refractivity contribution in [2.75, 3.05) is 5.75 Å². The topological polar surface area (TPSA) is 116 Å². The fraction of sp³-hybridized carbons (Fsp3) is 0.286. The molecule has 0 fully saturated rings. The van der Waals surface area contributed by atoms with Crippen LogP contribution in [0.2, 0.25) is 0 Å². The van der Waals surface area contributed by atoms with E-state index in [-0.39, 0.29) is 22.8 Å². The van der Waals surface area contributed by atoms with Gasteiger partial charge in [0.2, 0.25) is 0 Å². The van der Waals surface area contributed by atoms with E-state index < -0.39 is 32.5 Å². The number of nitrogens with two attached hydrogens (primary N) is 1. The molecule has 0 aliphatic carbocycles. The lowest BCUT2D eigenvalue weighted by Gasteiger charge is -2.53. The number of nitrogens with zero attached hydrogens (tertiary/aromatic N) is 3. The van der Waals surface area contributed by atoms with Gasteiger partial charge in [0.1, 0.15) is 33.8 Å². The monoisotopic (exact) mass is 432 g/mol. The van der Waals surface area contributed by atoms with Crippen molar-refractivity contribution >= 4 is 28.3 Å². The first-order chi connectivity index (χ1) is 13.9. The predicted molar refractivity (Wildman–Crippen MR) is 115 cm³/mol. The zero-order valence-corrected chi connectivity index (χ0v) is 17.5. The summed E-state index contributed by atoms with van der Waals surface area (Å²) in [6.07, 6.45) is 2.44. The zero-order chi connectivity index (χ0) is 22.3. The van der Waals surface area contributed by atoms with Crippen LogP contribution < -0.4 is 5.73 Å². The van der Waals surface area contributed by atoms with Crippen molar-refractivity contribution in [3.63, 3.8) is 0 Å². The van der Waals surface area contributed by atoms with Crippen molar-refractivity contribution in [3.05, 3.63) is 64.7 Å². The summed E-state index contributed by atoms with van der Waals surface area (Å²) >= 11 is 0. The minimum Gasteiger partial charge on any atom is -0.386 e. The van der Waals surface area contributed by atoms with Gasteiger partial charge < -0.3 is 5.73 Å². The maximum absolute atomic E-state index is 14.7. The standard InChI is InChI=1S/C21H22F2N4O2S/c1-20(2)19(25)27-21(3,12-30(20,28)29)15-8-13(4-6-16(15)22)9-17(23)18-7-5-14(10-24)11-26-18/h4-9,11,28-29H,12H2,1-3H3,(H2,25,27)/b17-9-/t21-/m0/s1. The number of nitriles is 1. The number of aliphatic imine (C=N–C) groups is 1. The molecule has 0 amide bonds. The van der Waals surface area contributed by atoms with Gasteiger partial charge in [0, 0.05) is 11.8 Å². The summed E-state index contributed by atoms with van der Waals surface area (Å²) < 4.78 is 49.4. The number of pyridine rings is 1. The highest BCUT2D eigenvalue weighted by molar-refractivity contribution is 8.26. The molecule has 1 aliphatic heterocycles. The molecule has 1 atom stereocenters. The molecule has 3 rings (SSSR count). The number of rotatable bonds is 3. The van der Waals surface area contributed by atoms with Gasteiger partial charge in [-0.05, 0) is 56.7 Å². The van der Waals surface area contributed by atoms with Crippen LogP contribution >= 0.6 is 10.6 Å². The molecule has 158 valence electrons. The van der Waals surface area contributed by atoms with E-state index in [2.05, 4.69) is 9.98 Å². The van der Waals surface area contributed by atoms with Gasteiger partial charge in [0.15, 0.2) is 0 Å². The number of aromatic nitrogens is 1. The molecule has 30 heavy (non-hydrogen) atoms. The maximum Gasteiger partial charge on any atom is 0.149 e. The van der Waals surface area contributed by atoms with Gasteiger partial charge in [-0.1, -0.05) is 6.07 Å². The van der Waals surface area contributed by atoms with Crippen molar-refractivity contribution < 1.29 is 17.9 Å². The van der Waals surface area contributed by atoms with Crippen LogP contribution in [0.25, 0.3) is 11.9 Å². The highest BCUT2D eigenvalue weighted by Gasteiger charge is 2.49. The van der Waals surface area contributed by atoms with Gasteiger partial charge in [0.05, 0.1) is 17.0 Å². The molecular weight excluding hydrogens is 410 g/mol. The predicted octanol–water partition coefficient (Wildman–Crippen LogP) is 4.68. The Hall–Kier alpha value is -2.80.